The maximum atomic E-state index is 12.6. The van der Waals surface area contributed by atoms with Gasteiger partial charge in [0, 0.05) is 22.1 Å². The molecule has 0 bridgehead atoms. The van der Waals surface area contributed by atoms with E-state index in [1.54, 1.807) is 6.07 Å². The molecule has 1 N–H and O–H groups in total. The molecule has 1 aliphatic heterocycles. The molecule has 5 heteroatoms. The summed E-state index contributed by atoms with van der Waals surface area (Å²) in [5.74, 6) is -0.453. The minimum absolute atomic E-state index is 0.0481. The van der Waals surface area contributed by atoms with Crippen molar-refractivity contribution in [1.82, 2.24) is 5.43 Å². The number of carbonyl (C=O) groups excluding carboxylic acids is 2. The SMILES string of the molecule is C/C(=N/NC(=O)CN1C(=O)c2cccc3cccc1c23)C(C)(C)C. The second-order valence-electron chi connectivity index (χ2n) is 7.05. The Morgan fingerprint density at radius 3 is 2.50 bits per heavy atom. The number of anilines is 1. The Morgan fingerprint density at radius 2 is 1.83 bits per heavy atom. The van der Waals surface area contributed by atoms with E-state index < -0.39 is 0 Å². The third-order valence-corrected chi connectivity index (χ3v) is 4.38. The molecular weight excluding hydrogens is 302 g/mol. The predicted octanol–water partition coefficient (Wildman–Crippen LogP) is 3.34. The number of benzene rings is 2. The standard InChI is InChI=1S/C19H21N3O2/c1-12(19(2,3)4)20-21-16(23)11-22-15-10-6-8-13-7-5-9-14(17(13)15)18(22)24/h5-10H,11H2,1-4H3,(H,21,23)/b20-12-. The van der Waals surface area contributed by atoms with Crippen LogP contribution in [0.5, 0.6) is 0 Å². The molecule has 0 saturated carbocycles. The quantitative estimate of drug-likeness (QED) is 0.695. The first-order valence-corrected chi connectivity index (χ1v) is 7.96. The average Bonchev–Trinajstić information content (AvgIpc) is 2.80. The molecule has 2 aromatic carbocycles. The Labute approximate surface area is 141 Å². The molecule has 2 amide bonds. The number of hydrogen-bond donors (Lipinski definition) is 1. The summed E-state index contributed by atoms with van der Waals surface area (Å²) < 4.78 is 0. The summed E-state index contributed by atoms with van der Waals surface area (Å²) in [4.78, 5) is 26.4. The largest absolute Gasteiger partial charge is 0.298 e. The van der Waals surface area contributed by atoms with Gasteiger partial charge in [-0.1, -0.05) is 45.0 Å². The number of rotatable bonds is 3. The molecule has 0 atom stereocenters. The molecule has 0 aromatic heterocycles. The molecule has 1 heterocycles. The minimum atomic E-state index is -0.309. The zero-order chi connectivity index (χ0) is 17.5. The average molecular weight is 323 g/mol. The summed E-state index contributed by atoms with van der Waals surface area (Å²) in [6, 6.07) is 11.4. The van der Waals surface area contributed by atoms with Gasteiger partial charge >= 0.3 is 0 Å². The van der Waals surface area contributed by atoms with Crippen molar-refractivity contribution in [2.24, 2.45) is 10.5 Å². The van der Waals surface area contributed by atoms with E-state index in [-0.39, 0.29) is 23.8 Å². The van der Waals surface area contributed by atoms with Crippen molar-refractivity contribution in [3.05, 3.63) is 42.0 Å². The fourth-order valence-corrected chi connectivity index (χ4v) is 2.63. The Hall–Kier alpha value is -2.69. The molecule has 24 heavy (non-hydrogen) atoms. The van der Waals surface area contributed by atoms with Gasteiger partial charge < -0.3 is 0 Å². The monoisotopic (exact) mass is 323 g/mol. The first-order valence-electron chi connectivity index (χ1n) is 7.96. The fourth-order valence-electron chi connectivity index (χ4n) is 2.63. The van der Waals surface area contributed by atoms with Crippen LogP contribution in [0.3, 0.4) is 0 Å². The first-order chi connectivity index (χ1) is 11.3. The second kappa shape index (κ2) is 5.74. The van der Waals surface area contributed by atoms with Crippen LogP contribution in [0.25, 0.3) is 10.8 Å². The van der Waals surface area contributed by atoms with Gasteiger partial charge in [-0.25, -0.2) is 5.43 Å². The number of amides is 2. The van der Waals surface area contributed by atoms with E-state index in [0.717, 1.165) is 22.2 Å². The summed E-state index contributed by atoms with van der Waals surface area (Å²) in [6.45, 7) is 7.91. The summed E-state index contributed by atoms with van der Waals surface area (Å²) in [6.07, 6.45) is 0. The van der Waals surface area contributed by atoms with Crippen molar-refractivity contribution in [3.8, 4) is 0 Å². The van der Waals surface area contributed by atoms with Crippen molar-refractivity contribution >= 4 is 34.0 Å². The van der Waals surface area contributed by atoms with E-state index in [4.69, 9.17) is 0 Å². The van der Waals surface area contributed by atoms with Gasteiger partial charge in [-0.05, 0) is 24.4 Å². The molecule has 0 aliphatic carbocycles. The van der Waals surface area contributed by atoms with Crippen LogP contribution in [-0.4, -0.2) is 24.1 Å². The van der Waals surface area contributed by atoms with E-state index in [0.29, 0.717) is 5.56 Å². The molecule has 0 fully saturated rings. The van der Waals surface area contributed by atoms with Gasteiger partial charge in [0.1, 0.15) is 6.54 Å². The van der Waals surface area contributed by atoms with Crippen molar-refractivity contribution in [3.63, 3.8) is 0 Å². The van der Waals surface area contributed by atoms with Gasteiger partial charge in [0.15, 0.2) is 0 Å². The van der Waals surface area contributed by atoms with E-state index in [9.17, 15) is 9.59 Å². The summed E-state index contributed by atoms with van der Waals surface area (Å²) in [7, 11) is 0. The second-order valence-corrected chi connectivity index (χ2v) is 7.05. The maximum Gasteiger partial charge on any atom is 0.260 e. The number of nitrogens with one attached hydrogen (secondary N) is 1. The molecule has 124 valence electrons. The van der Waals surface area contributed by atoms with Crippen LogP contribution in [0.1, 0.15) is 38.1 Å². The lowest BCUT2D eigenvalue weighted by molar-refractivity contribution is -0.119. The lowest BCUT2D eigenvalue weighted by Gasteiger charge is -2.19. The van der Waals surface area contributed by atoms with Crippen LogP contribution in [-0.2, 0) is 4.79 Å². The van der Waals surface area contributed by atoms with Crippen molar-refractivity contribution in [2.75, 3.05) is 11.4 Å². The lowest BCUT2D eigenvalue weighted by atomic mass is 9.91. The predicted molar refractivity (Wildman–Crippen MR) is 96.3 cm³/mol. The normalized spacial score (nSPS) is 14.4. The number of hydrogen-bond acceptors (Lipinski definition) is 3. The fraction of sp³-hybridized carbons (Fsp3) is 0.316. The highest BCUT2D eigenvalue weighted by atomic mass is 16.2. The van der Waals surface area contributed by atoms with Crippen LogP contribution in [0.15, 0.2) is 41.5 Å². The summed E-state index contributed by atoms with van der Waals surface area (Å²) >= 11 is 0. The third-order valence-electron chi connectivity index (χ3n) is 4.38. The molecule has 0 radical (unpaired) electrons. The zero-order valence-corrected chi connectivity index (χ0v) is 14.4. The van der Waals surface area contributed by atoms with Gasteiger partial charge in [0.05, 0.1) is 5.69 Å². The smallest absolute Gasteiger partial charge is 0.260 e. The van der Waals surface area contributed by atoms with Gasteiger partial charge in [-0.15, -0.1) is 0 Å². The topological polar surface area (TPSA) is 61.8 Å². The highest BCUT2D eigenvalue weighted by Crippen LogP contribution is 2.36. The van der Waals surface area contributed by atoms with Crippen LogP contribution >= 0.6 is 0 Å². The van der Waals surface area contributed by atoms with Crippen molar-refractivity contribution < 1.29 is 9.59 Å². The van der Waals surface area contributed by atoms with Crippen LogP contribution in [0.4, 0.5) is 5.69 Å². The zero-order valence-electron chi connectivity index (χ0n) is 14.4. The Bertz CT molecular complexity index is 857. The van der Waals surface area contributed by atoms with E-state index in [1.165, 1.54) is 4.90 Å². The van der Waals surface area contributed by atoms with Crippen molar-refractivity contribution in [1.29, 1.82) is 0 Å². The number of hydrazone groups is 1. The molecule has 0 unspecified atom stereocenters. The molecule has 1 aliphatic rings. The third kappa shape index (κ3) is 2.77. The van der Waals surface area contributed by atoms with Gasteiger partial charge in [-0.3, -0.25) is 14.5 Å². The molecule has 0 saturated heterocycles. The molecule has 2 aromatic rings. The highest BCUT2D eigenvalue weighted by Gasteiger charge is 2.30. The Kier molecular flexibility index (Phi) is 3.87. The first kappa shape index (κ1) is 16.2. The number of carbonyl (C=O) groups is 2. The summed E-state index contributed by atoms with van der Waals surface area (Å²) in [5.41, 5.74) is 4.69. The molecule has 0 spiro atoms. The van der Waals surface area contributed by atoms with Crippen LogP contribution < -0.4 is 10.3 Å². The van der Waals surface area contributed by atoms with E-state index in [1.807, 2.05) is 58.0 Å². The van der Waals surface area contributed by atoms with Crippen LogP contribution in [0.2, 0.25) is 0 Å². The van der Waals surface area contributed by atoms with E-state index >= 15 is 0 Å². The lowest BCUT2D eigenvalue weighted by Crippen LogP contribution is -2.38. The van der Waals surface area contributed by atoms with Gasteiger partial charge in [0.25, 0.3) is 11.8 Å². The molecule has 5 nitrogen and oxygen atoms in total. The molecular formula is C19H21N3O2. The summed E-state index contributed by atoms with van der Waals surface area (Å²) in [5, 5.41) is 6.05. The van der Waals surface area contributed by atoms with E-state index in [2.05, 4.69) is 10.5 Å². The Balaban J connectivity index is 1.82. The highest BCUT2D eigenvalue weighted by molar-refractivity contribution is 6.26. The van der Waals surface area contributed by atoms with Crippen molar-refractivity contribution in [2.45, 2.75) is 27.7 Å². The van der Waals surface area contributed by atoms with Gasteiger partial charge in [-0.2, -0.15) is 5.10 Å². The maximum absolute atomic E-state index is 12.6. The van der Waals surface area contributed by atoms with Gasteiger partial charge in [0.2, 0.25) is 0 Å². The van der Waals surface area contributed by atoms with Crippen LogP contribution in [0, 0.1) is 5.41 Å². The minimum Gasteiger partial charge on any atom is -0.298 e. The number of nitrogens with zero attached hydrogens (tertiary/aromatic N) is 2. The molecule has 3 rings (SSSR count). The Morgan fingerprint density at radius 1 is 1.17 bits per heavy atom.